The summed E-state index contributed by atoms with van der Waals surface area (Å²) in [6.07, 6.45) is 2.12. The van der Waals surface area contributed by atoms with Gasteiger partial charge in [0.1, 0.15) is 0 Å². The Kier molecular flexibility index (Phi) is 3.81. The molecule has 19 heavy (non-hydrogen) atoms. The van der Waals surface area contributed by atoms with Crippen molar-refractivity contribution in [1.82, 2.24) is 4.90 Å². The lowest BCUT2D eigenvalue weighted by Gasteiger charge is -2.38. The molecule has 0 aromatic heterocycles. The molecule has 104 valence electrons. The van der Waals surface area contributed by atoms with Gasteiger partial charge in [0, 0.05) is 18.0 Å². The third-order valence-electron chi connectivity index (χ3n) is 3.91. The highest BCUT2D eigenvalue weighted by Gasteiger charge is 2.40. The van der Waals surface area contributed by atoms with Crippen molar-refractivity contribution < 1.29 is 9.47 Å². The molecule has 0 N–H and O–H groups in total. The van der Waals surface area contributed by atoms with Gasteiger partial charge in [-0.05, 0) is 37.1 Å². The largest absolute Gasteiger partial charge is 0.346 e. The molecule has 0 aliphatic carbocycles. The van der Waals surface area contributed by atoms with Gasteiger partial charge in [-0.2, -0.15) is 0 Å². The quantitative estimate of drug-likeness (QED) is 0.832. The molecule has 0 amide bonds. The minimum absolute atomic E-state index is 0.352. The van der Waals surface area contributed by atoms with E-state index in [-0.39, 0.29) is 5.79 Å². The molecule has 2 heterocycles. The Bertz CT molecular complexity index is 457. The molecule has 0 saturated carbocycles. The molecule has 1 aromatic carbocycles. The SMILES string of the molecule is Cc1ccc(CN2CCCC3(C2)OCCO3)c(Cl)c1. The van der Waals surface area contributed by atoms with Crippen LogP contribution in [0.25, 0.3) is 0 Å². The summed E-state index contributed by atoms with van der Waals surface area (Å²) in [5, 5.41) is 0.855. The van der Waals surface area contributed by atoms with E-state index < -0.39 is 0 Å². The van der Waals surface area contributed by atoms with Gasteiger partial charge < -0.3 is 9.47 Å². The van der Waals surface area contributed by atoms with Gasteiger partial charge in [-0.1, -0.05) is 23.7 Å². The summed E-state index contributed by atoms with van der Waals surface area (Å²) in [6.45, 7) is 6.30. The number of ether oxygens (including phenoxy) is 2. The van der Waals surface area contributed by atoms with E-state index in [4.69, 9.17) is 21.1 Å². The zero-order chi connectivity index (χ0) is 13.3. The first-order valence-corrected chi connectivity index (χ1v) is 7.30. The molecule has 0 radical (unpaired) electrons. The van der Waals surface area contributed by atoms with Crippen molar-refractivity contribution in [3.8, 4) is 0 Å². The van der Waals surface area contributed by atoms with Crippen LogP contribution >= 0.6 is 11.6 Å². The standard InChI is InChI=1S/C15H20ClNO2/c1-12-3-4-13(14(16)9-12)10-17-6-2-5-15(11-17)18-7-8-19-15/h3-4,9H,2,5-8,10-11H2,1H3. The molecule has 2 saturated heterocycles. The van der Waals surface area contributed by atoms with Crippen LogP contribution in [0.4, 0.5) is 0 Å². The van der Waals surface area contributed by atoms with Crippen LogP contribution in [-0.2, 0) is 16.0 Å². The highest BCUT2D eigenvalue weighted by Crippen LogP contribution is 2.31. The molecule has 0 bridgehead atoms. The number of halogens is 1. The molecule has 0 atom stereocenters. The molecule has 2 aliphatic heterocycles. The van der Waals surface area contributed by atoms with Crippen LogP contribution in [0.5, 0.6) is 0 Å². The zero-order valence-electron chi connectivity index (χ0n) is 11.3. The van der Waals surface area contributed by atoms with Crippen LogP contribution in [0.3, 0.4) is 0 Å². The number of nitrogens with zero attached hydrogens (tertiary/aromatic N) is 1. The number of hydrogen-bond donors (Lipinski definition) is 0. The number of benzene rings is 1. The number of piperidine rings is 1. The lowest BCUT2D eigenvalue weighted by molar-refractivity contribution is -0.190. The number of aryl methyl sites for hydroxylation is 1. The van der Waals surface area contributed by atoms with Crippen molar-refractivity contribution in [1.29, 1.82) is 0 Å². The summed E-state index contributed by atoms with van der Waals surface area (Å²) in [7, 11) is 0. The van der Waals surface area contributed by atoms with Crippen LogP contribution in [0.2, 0.25) is 5.02 Å². The lowest BCUT2D eigenvalue weighted by Crippen LogP contribution is -2.48. The van der Waals surface area contributed by atoms with Gasteiger partial charge in [-0.15, -0.1) is 0 Å². The molecule has 2 fully saturated rings. The minimum Gasteiger partial charge on any atom is -0.346 e. The van der Waals surface area contributed by atoms with E-state index >= 15 is 0 Å². The molecule has 4 heteroatoms. The first kappa shape index (κ1) is 13.4. The minimum atomic E-state index is -0.352. The topological polar surface area (TPSA) is 21.7 Å². The molecule has 3 nitrogen and oxygen atoms in total. The Labute approximate surface area is 119 Å². The van der Waals surface area contributed by atoms with Crippen molar-refractivity contribution in [3.63, 3.8) is 0 Å². The van der Waals surface area contributed by atoms with Crippen molar-refractivity contribution in [2.24, 2.45) is 0 Å². The van der Waals surface area contributed by atoms with E-state index in [0.717, 1.165) is 50.7 Å². The Morgan fingerprint density at radius 2 is 2.11 bits per heavy atom. The lowest BCUT2D eigenvalue weighted by atomic mass is 10.0. The molecule has 1 spiro atoms. The predicted molar refractivity (Wildman–Crippen MR) is 75.3 cm³/mol. The molecular formula is C15H20ClNO2. The first-order valence-electron chi connectivity index (χ1n) is 6.92. The monoisotopic (exact) mass is 281 g/mol. The van der Waals surface area contributed by atoms with Gasteiger partial charge in [0.05, 0.1) is 19.8 Å². The van der Waals surface area contributed by atoms with Crippen molar-refractivity contribution in [2.45, 2.75) is 32.1 Å². The zero-order valence-corrected chi connectivity index (χ0v) is 12.1. The summed E-state index contributed by atoms with van der Waals surface area (Å²) in [4.78, 5) is 2.38. The van der Waals surface area contributed by atoms with E-state index in [2.05, 4.69) is 24.0 Å². The van der Waals surface area contributed by atoms with E-state index in [1.54, 1.807) is 0 Å². The average molecular weight is 282 g/mol. The Balaban J connectivity index is 1.69. The first-order chi connectivity index (χ1) is 9.17. The smallest absolute Gasteiger partial charge is 0.181 e. The highest BCUT2D eigenvalue weighted by molar-refractivity contribution is 6.31. The summed E-state index contributed by atoms with van der Waals surface area (Å²) < 4.78 is 11.6. The predicted octanol–water partition coefficient (Wildman–Crippen LogP) is 2.99. The molecule has 3 rings (SSSR count). The number of rotatable bonds is 2. The van der Waals surface area contributed by atoms with Crippen molar-refractivity contribution in [2.75, 3.05) is 26.3 Å². The third-order valence-corrected chi connectivity index (χ3v) is 4.26. The molecule has 0 unspecified atom stereocenters. The van der Waals surface area contributed by atoms with E-state index in [9.17, 15) is 0 Å². The fourth-order valence-corrected chi connectivity index (χ4v) is 3.25. The summed E-state index contributed by atoms with van der Waals surface area (Å²) in [5.74, 6) is -0.352. The van der Waals surface area contributed by atoms with Gasteiger partial charge in [0.2, 0.25) is 0 Å². The van der Waals surface area contributed by atoms with Gasteiger partial charge in [0.15, 0.2) is 5.79 Å². The number of likely N-dealkylation sites (tertiary alicyclic amines) is 1. The highest BCUT2D eigenvalue weighted by atomic mass is 35.5. The van der Waals surface area contributed by atoms with Crippen LogP contribution < -0.4 is 0 Å². The second-order valence-electron chi connectivity index (χ2n) is 5.52. The van der Waals surface area contributed by atoms with Gasteiger partial charge in [-0.25, -0.2) is 0 Å². The van der Waals surface area contributed by atoms with Crippen LogP contribution in [0.1, 0.15) is 24.0 Å². The summed E-state index contributed by atoms with van der Waals surface area (Å²) >= 11 is 6.31. The maximum Gasteiger partial charge on any atom is 0.181 e. The van der Waals surface area contributed by atoms with E-state index in [1.807, 2.05) is 6.07 Å². The summed E-state index contributed by atoms with van der Waals surface area (Å²) in [5.41, 5.74) is 2.38. The van der Waals surface area contributed by atoms with Crippen molar-refractivity contribution in [3.05, 3.63) is 34.3 Å². The Hall–Kier alpha value is -0.610. The van der Waals surface area contributed by atoms with E-state index in [0.29, 0.717) is 0 Å². The Morgan fingerprint density at radius 3 is 2.84 bits per heavy atom. The molecule has 1 aromatic rings. The fourth-order valence-electron chi connectivity index (χ4n) is 2.96. The fraction of sp³-hybridized carbons (Fsp3) is 0.600. The molecule has 2 aliphatic rings. The van der Waals surface area contributed by atoms with Crippen LogP contribution in [-0.4, -0.2) is 37.0 Å². The molecular weight excluding hydrogens is 262 g/mol. The average Bonchev–Trinajstić information content (AvgIpc) is 2.81. The normalized spacial score (nSPS) is 23.1. The second kappa shape index (κ2) is 5.41. The van der Waals surface area contributed by atoms with Gasteiger partial charge in [0.25, 0.3) is 0 Å². The second-order valence-corrected chi connectivity index (χ2v) is 5.92. The van der Waals surface area contributed by atoms with Crippen LogP contribution in [0.15, 0.2) is 18.2 Å². The maximum atomic E-state index is 6.31. The Morgan fingerprint density at radius 1 is 1.32 bits per heavy atom. The third kappa shape index (κ3) is 2.95. The van der Waals surface area contributed by atoms with Gasteiger partial charge >= 0.3 is 0 Å². The summed E-state index contributed by atoms with van der Waals surface area (Å²) in [6, 6.07) is 6.26. The van der Waals surface area contributed by atoms with Crippen molar-refractivity contribution >= 4 is 11.6 Å². The maximum absolute atomic E-state index is 6.31. The van der Waals surface area contributed by atoms with Gasteiger partial charge in [-0.3, -0.25) is 4.90 Å². The van der Waals surface area contributed by atoms with E-state index in [1.165, 1.54) is 11.1 Å². The van der Waals surface area contributed by atoms with Crippen LogP contribution in [0, 0.1) is 6.92 Å². The number of hydrogen-bond acceptors (Lipinski definition) is 3.